The van der Waals surface area contributed by atoms with Gasteiger partial charge >= 0.3 is 0 Å². The molecule has 0 atom stereocenters. The monoisotopic (exact) mass is 252 g/mol. The first-order valence-electron chi connectivity index (χ1n) is 6.23. The fourth-order valence-corrected chi connectivity index (χ4v) is 2.25. The van der Waals surface area contributed by atoms with Crippen LogP contribution in [0.3, 0.4) is 0 Å². The molecule has 0 aliphatic carbocycles. The van der Waals surface area contributed by atoms with E-state index in [1.807, 2.05) is 24.3 Å². The zero-order valence-electron chi connectivity index (χ0n) is 11.1. The molecule has 3 nitrogen and oxygen atoms in total. The van der Waals surface area contributed by atoms with E-state index in [-0.39, 0.29) is 0 Å². The number of pyridine rings is 1. The Morgan fingerprint density at radius 3 is 2.47 bits per heavy atom. The van der Waals surface area contributed by atoms with Crippen molar-refractivity contribution in [3.63, 3.8) is 0 Å². The number of hydrogen-bond acceptors (Lipinski definition) is 2. The van der Waals surface area contributed by atoms with E-state index in [1.165, 1.54) is 5.52 Å². The highest BCUT2D eigenvalue weighted by molar-refractivity contribution is 5.66. The highest BCUT2D eigenvalue weighted by atomic mass is 16.5. The van der Waals surface area contributed by atoms with Gasteiger partial charge in [-0.25, -0.2) is 0 Å². The van der Waals surface area contributed by atoms with Gasteiger partial charge in [0.05, 0.1) is 7.11 Å². The lowest BCUT2D eigenvalue weighted by Gasteiger charge is -2.19. The van der Waals surface area contributed by atoms with Crippen molar-refractivity contribution in [2.75, 3.05) is 19.1 Å². The van der Waals surface area contributed by atoms with Gasteiger partial charge in [-0.3, -0.25) is 0 Å². The Kier molecular flexibility index (Phi) is 2.88. The summed E-state index contributed by atoms with van der Waals surface area (Å²) in [4.78, 5) is 2.16. The molecule has 0 saturated carbocycles. The third kappa shape index (κ3) is 2.03. The number of hydrogen-bond donors (Lipinski definition) is 0. The number of aromatic nitrogens is 1. The number of rotatable bonds is 3. The average Bonchev–Trinajstić information content (AvgIpc) is 2.90. The first kappa shape index (κ1) is 11.7. The van der Waals surface area contributed by atoms with E-state index in [0.717, 1.165) is 17.3 Å². The molecular weight excluding hydrogens is 236 g/mol. The fraction of sp³-hybridized carbons (Fsp3) is 0.125. The SMILES string of the molecule is COc1ccc(N(C)c2ccc3ccccn23)cc1. The largest absolute Gasteiger partial charge is 0.497 e. The van der Waals surface area contributed by atoms with Crippen LogP contribution in [0.15, 0.2) is 60.8 Å². The van der Waals surface area contributed by atoms with Gasteiger partial charge in [0.15, 0.2) is 0 Å². The first-order valence-corrected chi connectivity index (χ1v) is 6.23. The summed E-state index contributed by atoms with van der Waals surface area (Å²) in [5.74, 6) is 2.01. The summed E-state index contributed by atoms with van der Waals surface area (Å²) in [6.45, 7) is 0. The van der Waals surface area contributed by atoms with Crippen molar-refractivity contribution in [1.29, 1.82) is 0 Å². The zero-order valence-corrected chi connectivity index (χ0v) is 11.1. The van der Waals surface area contributed by atoms with E-state index >= 15 is 0 Å². The molecule has 2 heterocycles. The standard InChI is InChI=1S/C16H16N2O/c1-17(13-6-9-15(19-2)10-7-13)16-11-8-14-5-3-4-12-18(14)16/h3-12H,1-2H3. The van der Waals surface area contributed by atoms with E-state index in [0.29, 0.717) is 0 Å². The minimum Gasteiger partial charge on any atom is -0.497 e. The van der Waals surface area contributed by atoms with Gasteiger partial charge in [0.1, 0.15) is 11.6 Å². The van der Waals surface area contributed by atoms with Gasteiger partial charge in [0.25, 0.3) is 0 Å². The minimum atomic E-state index is 0.872. The smallest absolute Gasteiger partial charge is 0.119 e. The molecule has 3 aromatic rings. The van der Waals surface area contributed by atoms with Crippen LogP contribution in [0.25, 0.3) is 5.52 Å². The molecule has 1 aromatic carbocycles. The molecule has 0 spiro atoms. The molecule has 0 saturated heterocycles. The van der Waals surface area contributed by atoms with Crippen LogP contribution in [-0.2, 0) is 0 Å². The molecule has 0 radical (unpaired) electrons. The van der Waals surface area contributed by atoms with Gasteiger partial charge in [0, 0.05) is 24.4 Å². The lowest BCUT2D eigenvalue weighted by Crippen LogP contribution is -2.11. The molecule has 0 fully saturated rings. The van der Waals surface area contributed by atoms with Crippen LogP contribution >= 0.6 is 0 Å². The van der Waals surface area contributed by atoms with E-state index in [2.05, 4.69) is 52.9 Å². The summed E-state index contributed by atoms with van der Waals surface area (Å²) in [6, 6.07) is 18.5. The van der Waals surface area contributed by atoms with Crippen LogP contribution in [-0.4, -0.2) is 18.6 Å². The topological polar surface area (TPSA) is 16.9 Å². The Morgan fingerprint density at radius 2 is 1.74 bits per heavy atom. The summed E-state index contributed by atoms with van der Waals surface area (Å²) in [5.41, 5.74) is 2.32. The molecule has 2 aromatic heterocycles. The highest BCUT2D eigenvalue weighted by Crippen LogP contribution is 2.27. The molecule has 96 valence electrons. The van der Waals surface area contributed by atoms with Gasteiger partial charge in [-0.05, 0) is 48.5 Å². The van der Waals surface area contributed by atoms with Crippen molar-refractivity contribution in [2.45, 2.75) is 0 Å². The molecule has 0 bridgehead atoms. The van der Waals surface area contributed by atoms with Crippen LogP contribution in [0.5, 0.6) is 5.75 Å². The van der Waals surface area contributed by atoms with Crippen molar-refractivity contribution in [3.05, 3.63) is 60.8 Å². The van der Waals surface area contributed by atoms with Crippen LogP contribution in [0, 0.1) is 0 Å². The fourth-order valence-electron chi connectivity index (χ4n) is 2.25. The number of anilines is 2. The van der Waals surface area contributed by atoms with Gasteiger partial charge < -0.3 is 14.0 Å². The maximum absolute atomic E-state index is 5.19. The summed E-state index contributed by atoms with van der Waals surface area (Å²) >= 11 is 0. The lowest BCUT2D eigenvalue weighted by molar-refractivity contribution is 0.415. The lowest BCUT2D eigenvalue weighted by atomic mass is 10.3. The van der Waals surface area contributed by atoms with Crippen molar-refractivity contribution in [3.8, 4) is 5.75 Å². The van der Waals surface area contributed by atoms with Crippen molar-refractivity contribution in [1.82, 2.24) is 4.40 Å². The molecule has 0 aliphatic rings. The average molecular weight is 252 g/mol. The molecule has 19 heavy (non-hydrogen) atoms. The van der Waals surface area contributed by atoms with Gasteiger partial charge in [-0.2, -0.15) is 0 Å². The van der Waals surface area contributed by atoms with Crippen molar-refractivity contribution < 1.29 is 4.74 Å². The second-order valence-electron chi connectivity index (χ2n) is 4.44. The first-order chi connectivity index (χ1) is 9.29. The second kappa shape index (κ2) is 4.69. The van der Waals surface area contributed by atoms with E-state index < -0.39 is 0 Å². The van der Waals surface area contributed by atoms with Gasteiger partial charge in [0.2, 0.25) is 0 Å². The predicted molar refractivity (Wildman–Crippen MR) is 78.5 cm³/mol. The third-order valence-corrected chi connectivity index (χ3v) is 3.34. The van der Waals surface area contributed by atoms with Crippen molar-refractivity contribution in [2.24, 2.45) is 0 Å². The Labute approximate surface area is 112 Å². The van der Waals surface area contributed by atoms with Crippen LogP contribution in [0.1, 0.15) is 0 Å². The summed E-state index contributed by atoms with van der Waals surface area (Å²) in [6.07, 6.45) is 2.07. The maximum atomic E-state index is 5.19. The maximum Gasteiger partial charge on any atom is 0.119 e. The Hall–Kier alpha value is -2.42. The summed E-state index contributed by atoms with van der Waals surface area (Å²) < 4.78 is 7.36. The quantitative estimate of drug-likeness (QED) is 0.706. The number of nitrogens with zero attached hydrogens (tertiary/aromatic N) is 2. The molecule has 0 unspecified atom stereocenters. The number of methoxy groups -OCH3 is 1. The van der Waals surface area contributed by atoms with Gasteiger partial charge in [-0.1, -0.05) is 6.07 Å². The number of benzene rings is 1. The molecule has 3 heteroatoms. The Bertz CT molecular complexity index is 685. The van der Waals surface area contributed by atoms with Crippen LogP contribution < -0.4 is 9.64 Å². The number of fused-ring (bicyclic) bond motifs is 1. The molecule has 0 N–H and O–H groups in total. The summed E-state index contributed by atoms with van der Waals surface area (Å²) in [7, 11) is 3.75. The Morgan fingerprint density at radius 1 is 0.947 bits per heavy atom. The van der Waals surface area contributed by atoms with Crippen LogP contribution in [0.2, 0.25) is 0 Å². The predicted octanol–water partition coefficient (Wildman–Crippen LogP) is 3.72. The van der Waals surface area contributed by atoms with Crippen molar-refractivity contribution >= 4 is 17.0 Å². The second-order valence-corrected chi connectivity index (χ2v) is 4.44. The summed E-state index contributed by atoms with van der Waals surface area (Å²) in [5, 5.41) is 0. The van der Waals surface area contributed by atoms with E-state index in [9.17, 15) is 0 Å². The molecular formula is C16H16N2O. The normalized spacial score (nSPS) is 10.6. The van der Waals surface area contributed by atoms with E-state index in [4.69, 9.17) is 4.74 Å². The highest BCUT2D eigenvalue weighted by Gasteiger charge is 2.08. The van der Waals surface area contributed by atoms with Crippen LogP contribution in [0.4, 0.5) is 11.5 Å². The minimum absolute atomic E-state index is 0.872. The molecule has 0 aliphatic heterocycles. The molecule has 3 rings (SSSR count). The third-order valence-electron chi connectivity index (χ3n) is 3.34. The molecule has 0 amide bonds. The number of ether oxygens (including phenoxy) is 1. The Balaban J connectivity index is 2.00. The van der Waals surface area contributed by atoms with E-state index in [1.54, 1.807) is 7.11 Å². The van der Waals surface area contributed by atoms with Gasteiger partial charge in [-0.15, -0.1) is 0 Å². The zero-order chi connectivity index (χ0) is 13.2.